The van der Waals surface area contributed by atoms with Gasteiger partial charge in [-0.1, -0.05) is 18.7 Å². The first-order valence-corrected chi connectivity index (χ1v) is 3.64. The minimum absolute atomic E-state index is 0.102. The van der Waals surface area contributed by atoms with Crippen LogP contribution in [0.1, 0.15) is 10.4 Å². The molecule has 1 amide bonds. The molecular formula is C9H8N2O. The summed E-state index contributed by atoms with van der Waals surface area (Å²) in [7, 11) is 0. The number of anilines is 1. The molecule has 1 aliphatic rings. The van der Waals surface area contributed by atoms with E-state index in [1.165, 1.54) is 0 Å². The maximum Gasteiger partial charge on any atom is 0.258 e. The van der Waals surface area contributed by atoms with Gasteiger partial charge >= 0.3 is 0 Å². The van der Waals surface area contributed by atoms with E-state index in [4.69, 9.17) is 0 Å². The lowest BCUT2D eigenvalue weighted by molar-refractivity contribution is 0.0964. The highest BCUT2D eigenvalue weighted by Crippen LogP contribution is 2.19. The van der Waals surface area contributed by atoms with Crippen molar-refractivity contribution in [1.29, 1.82) is 0 Å². The smallest absolute Gasteiger partial charge is 0.258 e. The average molecular weight is 160 g/mol. The molecule has 0 aliphatic carbocycles. The minimum Gasteiger partial charge on any atom is -0.342 e. The van der Waals surface area contributed by atoms with E-state index in [2.05, 4.69) is 17.2 Å². The van der Waals surface area contributed by atoms with Gasteiger partial charge in [0.25, 0.3) is 5.91 Å². The highest BCUT2D eigenvalue weighted by atomic mass is 16.1. The standard InChI is InChI=1S/C9H8N2O/c1-6-10-8-5-3-2-4-7(8)9(12)11-6/h2-5,10H,1H2,(H,11,12). The first-order chi connectivity index (χ1) is 5.77. The molecule has 0 saturated heterocycles. The molecule has 0 fully saturated rings. The molecule has 2 rings (SSSR count). The molecule has 3 heteroatoms. The van der Waals surface area contributed by atoms with E-state index >= 15 is 0 Å². The van der Waals surface area contributed by atoms with Crippen molar-refractivity contribution in [2.24, 2.45) is 0 Å². The van der Waals surface area contributed by atoms with Crippen LogP contribution in [-0.4, -0.2) is 5.91 Å². The summed E-state index contributed by atoms with van der Waals surface area (Å²) in [4.78, 5) is 11.3. The van der Waals surface area contributed by atoms with Crippen LogP contribution in [0.25, 0.3) is 0 Å². The molecule has 2 N–H and O–H groups in total. The molecule has 12 heavy (non-hydrogen) atoms. The molecule has 1 aromatic carbocycles. The van der Waals surface area contributed by atoms with E-state index in [-0.39, 0.29) is 5.91 Å². The molecule has 0 aromatic heterocycles. The fraction of sp³-hybridized carbons (Fsp3) is 0. The number of hydrogen-bond acceptors (Lipinski definition) is 2. The Morgan fingerprint density at radius 2 is 1.92 bits per heavy atom. The molecule has 0 spiro atoms. The summed E-state index contributed by atoms with van der Waals surface area (Å²) in [6, 6.07) is 7.31. The molecule has 0 atom stereocenters. The predicted octanol–water partition coefficient (Wildman–Crippen LogP) is 1.31. The third-order valence-corrected chi connectivity index (χ3v) is 1.72. The second-order valence-electron chi connectivity index (χ2n) is 2.60. The van der Waals surface area contributed by atoms with Gasteiger partial charge < -0.3 is 10.6 Å². The van der Waals surface area contributed by atoms with Crippen LogP contribution in [0.2, 0.25) is 0 Å². The third-order valence-electron chi connectivity index (χ3n) is 1.72. The van der Waals surface area contributed by atoms with E-state index < -0.39 is 0 Å². The predicted molar refractivity (Wildman–Crippen MR) is 46.7 cm³/mol. The number of nitrogens with one attached hydrogen (secondary N) is 2. The topological polar surface area (TPSA) is 41.1 Å². The molecule has 1 heterocycles. The monoisotopic (exact) mass is 160 g/mol. The van der Waals surface area contributed by atoms with Crippen molar-refractivity contribution in [2.75, 3.05) is 5.32 Å². The van der Waals surface area contributed by atoms with E-state index in [0.29, 0.717) is 11.4 Å². The van der Waals surface area contributed by atoms with Gasteiger partial charge in [0, 0.05) is 0 Å². The number of carbonyl (C=O) groups excluding carboxylic acids is 1. The Morgan fingerprint density at radius 1 is 1.17 bits per heavy atom. The summed E-state index contributed by atoms with van der Waals surface area (Å²) in [6.45, 7) is 3.62. The Hall–Kier alpha value is -1.77. The molecule has 3 nitrogen and oxygen atoms in total. The summed E-state index contributed by atoms with van der Waals surface area (Å²) in [6.07, 6.45) is 0. The quantitative estimate of drug-likeness (QED) is 0.600. The van der Waals surface area contributed by atoms with Crippen molar-refractivity contribution in [1.82, 2.24) is 5.32 Å². The second-order valence-corrected chi connectivity index (χ2v) is 2.60. The van der Waals surface area contributed by atoms with Gasteiger partial charge in [0.2, 0.25) is 0 Å². The fourth-order valence-corrected chi connectivity index (χ4v) is 1.19. The number of rotatable bonds is 0. The SMILES string of the molecule is C=C1NC(=O)c2ccccc2N1. The van der Waals surface area contributed by atoms with Crippen molar-refractivity contribution < 1.29 is 4.79 Å². The van der Waals surface area contributed by atoms with Gasteiger partial charge in [-0.3, -0.25) is 4.79 Å². The summed E-state index contributed by atoms with van der Waals surface area (Å²) in [5.74, 6) is 0.424. The highest BCUT2D eigenvalue weighted by molar-refractivity contribution is 6.02. The van der Waals surface area contributed by atoms with Crippen LogP contribution in [0, 0.1) is 0 Å². The van der Waals surface area contributed by atoms with Crippen LogP contribution >= 0.6 is 0 Å². The van der Waals surface area contributed by atoms with Gasteiger partial charge in [0.1, 0.15) is 5.82 Å². The van der Waals surface area contributed by atoms with Crippen LogP contribution in [0.5, 0.6) is 0 Å². The lowest BCUT2D eigenvalue weighted by Gasteiger charge is -2.19. The largest absolute Gasteiger partial charge is 0.342 e. The number of hydrogen-bond donors (Lipinski definition) is 2. The lowest BCUT2D eigenvalue weighted by atomic mass is 10.1. The Balaban J connectivity index is 2.54. The Kier molecular flexibility index (Phi) is 1.37. The Labute approximate surface area is 70.1 Å². The van der Waals surface area contributed by atoms with Crippen molar-refractivity contribution in [2.45, 2.75) is 0 Å². The Morgan fingerprint density at radius 3 is 2.75 bits per heavy atom. The maximum absolute atomic E-state index is 11.3. The lowest BCUT2D eigenvalue weighted by Crippen LogP contribution is -2.31. The van der Waals surface area contributed by atoms with Gasteiger partial charge in [-0.15, -0.1) is 0 Å². The number of para-hydroxylation sites is 1. The summed E-state index contributed by atoms with van der Waals surface area (Å²) in [5, 5.41) is 5.55. The van der Waals surface area contributed by atoms with Crippen molar-refractivity contribution in [3.8, 4) is 0 Å². The summed E-state index contributed by atoms with van der Waals surface area (Å²) in [5.41, 5.74) is 1.47. The van der Waals surface area contributed by atoms with Crippen molar-refractivity contribution in [3.63, 3.8) is 0 Å². The van der Waals surface area contributed by atoms with E-state index in [9.17, 15) is 4.79 Å². The molecule has 0 bridgehead atoms. The van der Waals surface area contributed by atoms with Crippen LogP contribution < -0.4 is 10.6 Å². The van der Waals surface area contributed by atoms with Crippen molar-refractivity contribution in [3.05, 3.63) is 42.2 Å². The number of fused-ring (bicyclic) bond motifs is 1. The third kappa shape index (κ3) is 0.955. The normalized spacial score (nSPS) is 14.7. The minimum atomic E-state index is -0.102. The zero-order valence-electron chi connectivity index (χ0n) is 6.42. The van der Waals surface area contributed by atoms with Crippen LogP contribution in [0.4, 0.5) is 5.69 Å². The number of benzene rings is 1. The van der Waals surface area contributed by atoms with Crippen LogP contribution in [-0.2, 0) is 0 Å². The molecule has 0 saturated carbocycles. The van der Waals surface area contributed by atoms with Gasteiger partial charge in [0.15, 0.2) is 0 Å². The van der Waals surface area contributed by atoms with Gasteiger partial charge in [-0.2, -0.15) is 0 Å². The molecule has 0 radical (unpaired) electrons. The van der Waals surface area contributed by atoms with Crippen LogP contribution in [0.15, 0.2) is 36.7 Å². The summed E-state index contributed by atoms with van der Waals surface area (Å²) >= 11 is 0. The highest BCUT2D eigenvalue weighted by Gasteiger charge is 2.16. The number of amides is 1. The molecule has 0 unspecified atom stereocenters. The number of carbonyl (C=O) groups is 1. The van der Waals surface area contributed by atoms with Crippen molar-refractivity contribution >= 4 is 11.6 Å². The molecule has 1 aliphatic heterocycles. The van der Waals surface area contributed by atoms with Crippen LogP contribution in [0.3, 0.4) is 0 Å². The maximum atomic E-state index is 11.3. The second kappa shape index (κ2) is 2.37. The van der Waals surface area contributed by atoms with Gasteiger partial charge in [-0.05, 0) is 12.1 Å². The van der Waals surface area contributed by atoms with E-state index in [1.807, 2.05) is 18.2 Å². The average Bonchev–Trinajstić information content (AvgIpc) is 2.04. The van der Waals surface area contributed by atoms with E-state index in [0.717, 1.165) is 5.69 Å². The fourth-order valence-electron chi connectivity index (χ4n) is 1.19. The Bertz CT molecular complexity index is 357. The first-order valence-electron chi connectivity index (χ1n) is 3.64. The van der Waals surface area contributed by atoms with Gasteiger partial charge in [0.05, 0.1) is 11.3 Å². The zero-order chi connectivity index (χ0) is 8.55. The zero-order valence-corrected chi connectivity index (χ0v) is 6.42. The van der Waals surface area contributed by atoms with Gasteiger partial charge in [-0.25, -0.2) is 0 Å². The summed E-state index contributed by atoms with van der Waals surface area (Å²) < 4.78 is 0. The molecular weight excluding hydrogens is 152 g/mol. The van der Waals surface area contributed by atoms with E-state index in [1.54, 1.807) is 6.07 Å². The molecule has 1 aromatic rings. The first kappa shape index (κ1) is 6.91. The molecule has 60 valence electrons.